The smallest absolute Gasteiger partial charge is 0.465 e. The van der Waals surface area contributed by atoms with Crippen molar-refractivity contribution in [3.63, 3.8) is 0 Å². The van der Waals surface area contributed by atoms with E-state index in [0.29, 0.717) is 18.4 Å². The van der Waals surface area contributed by atoms with Gasteiger partial charge in [-0.15, -0.1) is 0 Å². The van der Waals surface area contributed by atoms with Gasteiger partial charge in [0.15, 0.2) is 0 Å². The van der Waals surface area contributed by atoms with Gasteiger partial charge in [0.25, 0.3) is 0 Å². The SMILES string of the molecule is CO[Si](OC)(OC)C1COC(=O)C12CC1CCC2C1. The average molecular weight is 286 g/mol. The summed E-state index contributed by atoms with van der Waals surface area (Å²) < 4.78 is 22.3. The average Bonchev–Trinajstić information content (AvgIpc) is 3.11. The van der Waals surface area contributed by atoms with E-state index < -0.39 is 14.2 Å². The van der Waals surface area contributed by atoms with Crippen LogP contribution in [0.25, 0.3) is 0 Å². The minimum Gasteiger partial charge on any atom is -0.465 e. The second kappa shape index (κ2) is 4.55. The molecule has 0 aromatic carbocycles. The van der Waals surface area contributed by atoms with Gasteiger partial charge in [-0.3, -0.25) is 4.79 Å². The third kappa shape index (κ3) is 1.60. The molecule has 19 heavy (non-hydrogen) atoms. The molecule has 4 atom stereocenters. The van der Waals surface area contributed by atoms with E-state index in [4.69, 9.17) is 18.0 Å². The standard InChI is InChI=1S/C13H22O5Si/c1-15-19(16-2,17-3)11-8-18-12(14)13(11)7-9-4-5-10(13)6-9/h9-11H,4-8H2,1-3H3. The zero-order valence-electron chi connectivity index (χ0n) is 11.8. The topological polar surface area (TPSA) is 54.0 Å². The summed E-state index contributed by atoms with van der Waals surface area (Å²) in [6.07, 6.45) is 4.44. The third-order valence-electron chi connectivity index (χ3n) is 5.56. The predicted molar refractivity (Wildman–Crippen MR) is 69.4 cm³/mol. The largest absolute Gasteiger partial charge is 0.508 e. The number of rotatable bonds is 4. The monoisotopic (exact) mass is 286 g/mol. The second-order valence-electron chi connectivity index (χ2n) is 5.99. The molecule has 1 heterocycles. The van der Waals surface area contributed by atoms with Crippen molar-refractivity contribution >= 4 is 14.8 Å². The number of esters is 1. The Labute approximate surface area is 114 Å². The highest BCUT2D eigenvalue weighted by Gasteiger charge is 2.71. The highest BCUT2D eigenvalue weighted by atomic mass is 28.4. The zero-order chi connectivity index (χ0) is 13.7. The molecule has 0 radical (unpaired) electrons. The Morgan fingerprint density at radius 1 is 1.21 bits per heavy atom. The molecule has 3 rings (SSSR count). The van der Waals surface area contributed by atoms with Crippen LogP contribution < -0.4 is 0 Å². The van der Waals surface area contributed by atoms with Gasteiger partial charge in [0.1, 0.15) is 0 Å². The molecular weight excluding hydrogens is 264 g/mol. The number of cyclic esters (lactones) is 1. The fourth-order valence-corrected chi connectivity index (χ4v) is 7.47. The molecule has 3 aliphatic rings. The van der Waals surface area contributed by atoms with E-state index in [-0.39, 0.29) is 11.5 Å². The molecule has 2 bridgehead atoms. The Kier molecular flexibility index (Phi) is 3.24. The van der Waals surface area contributed by atoms with E-state index in [1.165, 1.54) is 6.42 Å². The van der Waals surface area contributed by atoms with Crippen LogP contribution in [0.4, 0.5) is 0 Å². The van der Waals surface area contributed by atoms with E-state index in [2.05, 4.69) is 0 Å². The zero-order valence-corrected chi connectivity index (χ0v) is 12.8. The first-order valence-corrected chi connectivity index (χ1v) is 8.76. The van der Waals surface area contributed by atoms with E-state index in [9.17, 15) is 4.79 Å². The van der Waals surface area contributed by atoms with Crippen molar-refractivity contribution in [3.05, 3.63) is 0 Å². The first kappa shape index (κ1) is 13.5. The molecule has 108 valence electrons. The molecule has 1 aliphatic heterocycles. The fourth-order valence-electron chi connectivity index (χ4n) is 4.73. The molecule has 0 aromatic rings. The predicted octanol–water partition coefficient (Wildman–Crippen LogP) is 1.60. The molecular formula is C13H22O5Si. The normalized spacial score (nSPS) is 41.2. The van der Waals surface area contributed by atoms with Crippen molar-refractivity contribution in [2.24, 2.45) is 17.3 Å². The Balaban J connectivity index is 1.99. The lowest BCUT2D eigenvalue weighted by Crippen LogP contribution is -2.55. The molecule has 2 saturated carbocycles. The quantitative estimate of drug-likeness (QED) is 0.580. The minimum absolute atomic E-state index is 0.0484. The van der Waals surface area contributed by atoms with Crippen molar-refractivity contribution in [2.45, 2.75) is 31.2 Å². The molecule has 3 fully saturated rings. The van der Waals surface area contributed by atoms with E-state index in [0.717, 1.165) is 19.3 Å². The molecule has 4 unspecified atom stereocenters. The molecule has 0 N–H and O–H groups in total. The van der Waals surface area contributed by atoms with E-state index in [1.54, 1.807) is 21.3 Å². The summed E-state index contributed by atoms with van der Waals surface area (Å²) in [7, 11) is 2.00. The van der Waals surface area contributed by atoms with Crippen molar-refractivity contribution in [1.29, 1.82) is 0 Å². The molecule has 1 spiro atoms. The number of carbonyl (C=O) groups excluding carboxylic acids is 1. The molecule has 5 nitrogen and oxygen atoms in total. The van der Waals surface area contributed by atoms with Gasteiger partial charge in [0, 0.05) is 21.3 Å². The maximum atomic E-state index is 12.4. The van der Waals surface area contributed by atoms with Crippen LogP contribution in [0.3, 0.4) is 0 Å². The molecule has 1 saturated heterocycles. The maximum absolute atomic E-state index is 12.4. The Bertz CT molecular complexity index is 375. The lowest BCUT2D eigenvalue weighted by Gasteiger charge is -2.40. The van der Waals surface area contributed by atoms with Gasteiger partial charge in [-0.2, -0.15) is 0 Å². The summed E-state index contributed by atoms with van der Waals surface area (Å²) in [6, 6.07) is 0. The number of hydrogen-bond donors (Lipinski definition) is 0. The highest BCUT2D eigenvalue weighted by molar-refractivity contribution is 6.63. The van der Waals surface area contributed by atoms with Crippen molar-refractivity contribution in [3.8, 4) is 0 Å². The summed E-state index contributed by atoms with van der Waals surface area (Å²) in [4.78, 5) is 12.4. The van der Waals surface area contributed by atoms with Crippen molar-refractivity contribution < 1.29 is 22.8 Å². The maximum Gasteiger partial charge on any atom is 0.508 e. The highest BCUT2D eigenvalue weighted by Crippen LogP contribution is 2.65. The Morgan fingerprint density at radius 3 is 2.37 bits per heavy atom. The summed E-state index contributed by atoms with van der Waals surface area (Å²) >= 11 is 0. The van der Waals surface area contributed by atoms with Gasteiger partial charge in [0.2, 0.25) is 0 Å². The van der Waals surface area contributed by atoms with Crippen molar-refractivity contribution in [1.82, 2.24) is 0 Å². The van der Waals surface area contributed by atoms with Gasteiger partial charge in [0.05, 0.1) is 17.6 Å². The third-order valence-corrected chi connectivity index (χ3v) is 8.80. The lowest BCUT2D eigenvalue weighted by atomic mass is 9.72. The molecule has 2 aliphatic carbocycles. The van der Waals surface area contributed by atoms with E-state index in [1.807, 2.05) is 0 Å². The van der Waals surface area contributed by atoms with Gasteiger partial charge >= 0.3 is 14.8 Å². The number of hydrogen-bond acceptors (Lipinski definition) is 5. The molecule has 0 amide bonds. The van der Waals surface area contributed by atoms with Crippen LogP contribution in [0.15, 0.2) is 0 Å². The first-order chi connectivity index (χ1) is 9.13. The number of carbonyl (C=O) groups is 1. The second-order valence-corrected chi connectivity index (χ2v) is 9.12. The van der Waals surface area contributed by atoms with Crippen LogP contribution >= 0.6 is 0 Å². The minimum atomic E-state index is -2.85. The molecule has 0 aromatic heterocycles. The number of fused-ring (bicyclic) bond motifs is 3. The lowest BCUT2D eigenvalue weighted by molar-refractivity contribution is -0.148. The molecule has 6 heteroatoms. The Hall–Kier alpha value is -0.433. The van der Waals surface area contributed by atoms with Gasteiger partial charge in [-0.25, -0.2) is 0 Å². The van der Waals surface area contributed by atoms with Gasteiger partial charge in [-0.1, -0.05) is 6.42 Å². The number of ether oxygens (including phenoxy) is 1. The van der Waals surface area contributed by atoms with Crippen LogP contribution in [-0.4, -0.2) is 42.7 Å². The van der Waals surface area contributed by atoms with Crippen LogP contribution in [0.2, 0.25) is 5.54 Å². The summed E-state index contributed by atoms with van der Waals surface area (Å²) in [5, 5.41) is 0. The van der Waals surface area contributed by atoms with Crippen LogP contribution in [-0.2, 0) is 22.8 Å². The van der Waals surface area contributed by atoms with Crippen LogP contribution in [0.1, 0.15) is 25.7 Å². The first-order valence-electron chi connectivity index (χ1n) is 6.95. The summed E-state index contributed by atoms with van der Waals surface area (Å²) in [5.41, 5.74) is -0.459. The Morgan fingerprint density at radius 2 is 1.89 bits per heavy atom. The van der Waals surface area contributed by atoms with Crippen LogP contribution in [0, 0.1) is 17.3 Å². The van der Waals surface area contributed by atoms with Crippen molar-refractivity contribution in [2.75, 3.05) is 27.9 Å². The summed E-state index contributed by atoms with van der Waals surface area (Å²) in [6.45, 7) is 0.379. The van der Waals surface area contributed by atoms with Gasteiger partial charge < -0.3 is 18.0 Å². The van der Waals surface area contributed by atoms with E-state index >= 15 is 0 Å². The van der Waals surface area contributed by atoms with Gasteiger partial charge in [-0.05, 0) is 31.1 Å². The van der Waals surface area contributed by atoms with Crippen LogP contribution in [0.5, 0.6) is 0 Å². The summed E-state index contributed by atoms with van der Waals surface area (Å²) in [5.74, 6) is 1.04. The fraction of sp³-hybridized carbons (Fsp3) is 0.923.